The van der Waals surface area contributed by atoms with Crippen LogP contribution in [0.3, 0.4) is 0 Å². The average molecular weight is 429 g/mol. The summed E-state index contributed by atoms with van der Waals surface area (Å²) in [7, 11) is 1.64. The number of amides is 2. The first-order chi connectivity index (χ1) is 14.4. The lowest BCUT2D eigenvalue weighted by Gasteiger charge is -2.28. The molecule has 0 aromatic heterocycles. The molecule has 0 radical (unpaired) electrons. The second kappa shape index (κ2) is 12.3. The Balaban J connectivity index is 2.02. The summed E-state index contributed by atoms with van der Waals surface area (Å²) in [6, 6.07) is 15.4. The van der Waals surface area contributed by atoms with Crippen LogP contribution in [-0.4, -0.2) is 42.2 Å². The Morgan fingerprint density at radius 1 is 1.07 bits per heavy atom. The third-order valence-electron chi connectivity index (χ3n) is 4.84. The van der Waals surface area contributed by atoms with E-state index in [0.717, 1.165) is 29.1 Å². The number of benzene rings is 2. The molecule has 0 spiro atoms. The van der Waals surface area contributed by atoms with Crippen molar-refractivity contribution in [2.24, 2.45) is 0 Å². The standard InChI is InChI=1S/C24H32N2O3S/c1-5-14-25-24(28)19(3)26(15-20-8-6-18(2)7-9-20)23(27)17-30-16-21-10-12-22(29-4)13-11-21/h6-13,19H,5,14-17H2,1-4H3,(H,25,28)/t19-/m1/s1. The molecule has 0 bridgehead atoms. The van der Waals surface area contributed by atoms with Gasteiger partial charge < -0.3 is 15.0 Å². The second-order valence-corrected chi connectivity index (χ2v) is 8.30. The maximum absolute atomic E-state index is 13.0. The first kappa shape index (κ1) is 23.8. The molecule has 0 aliphatic carbocycles. The molecule has 2 amide bonds. The van der Waals surface area contributed by atoms with E-state index in [1.807, 2.05) is 62.4 Å². The minimum Gasteiger partial charge on any atom is -0.497 e. The van der Waals surface area contributed by atoms with E-state index in [9.17, 15) is 9.59 Å². The van der Waals surface area contributed by atoms with Gasteiger partial charge in [-0.3, -0.25) is 9.59 Å². The smallest absolute Gasteiger partial charge is 0.242 e. The molecular formula is C24H32N2O3S. The van der Waals surface area contributed by atoms with Crippen LogP contribution in [0.2, 0.25) is 0 Å². The van der Waals surface area contributed by atoms with Crippen LogP contribution in [-0.2, 0) is 21.9 Å². The molecule has 2 aromatic carbocycles. The van der Waals surface area contributed by atoms with Crippen molar-refractivity contribution in [3.8, 4) is 5.75 Å². The lowest BCUT2D eigenvalue weighted by Crippen LogP contribution is -2.48. The van der Waals surface area contributed by atoms with E-state index in [4.69, 9.17) is 4.74 Å². The van der Waals surface area contributed by atoms with E-state index in [1.54, 1.807) is 30.7 Å². The molecule has 30 heavy (non-hydrogen) atoms. The highest BCUT2D eigenvalue weighted by molar-refractivity contribution is 7.99. The summed E-state index contributed by atoms with van der Waals surface area (Å²) in [6.45, 7) is 6.87. The van der Waals surface area contributed by atoms with Crippen molar-refractivity contribution in [2.45, 2.75) is 45.5 Å². The predicted molar refractivity (Wildman–Crippen MR) is 124 cm³/mol. The van der Waals surface area contributed by atoms with E-state index < -0.39 is 6.04 Å². The number of ether oxygens (including phenoxy) is 1. The van der Waals surface area contributed by atoms with Gasteiger partial charge in [0.05, 0.1) is 12.9 Å². The van der Waals surface area contributed by atoms with Crippen molar-refractivity contribution in [2.75, 3.05) is 19.4 Å². The van der Waals surface area contributed by atoms with Crippen LogP contribution >= 0.6 is 11.8 Å². The highest BCUT2D eigenvalue weighted by Crippen LogP contribution is 2.18. The van der Waals surface area contributed by atoms with Gasteiger partial charge in [-0.2, -0.15) is 0 Å². The monoisotopic (exact) mass is 428 g/mol. The van der Waals surface area contributed by atoms with Crippen molar-refractivity contribution in [1.82, 2.24) is 10.2 Å². The Morgan fingerprint density at radius 2 is 1.70 bits per heavy atom. The summed E-state index contributed by atoms with van der Waals surface area (Å²) >= 11 is 1.55. The van der Waals surface area contributed by atoms with Gasteiger partial charge in [-0.15, -0.1) is 11.8 Å². The topological polar surface area (TPSA) is 58.6 Å². The number of thioether (sulfide) groups is 1. The molecule has 5 nitrogen and oxygen atoms in total. The Morgan fingerprint density at radius 3 is 2.30 bits per heavy atom. The van der Waals surface area contributed by atoms with Crippen LogP contribution < -0.4 is 10.1 Å². The molecule has 1 N–H and O–H groups in total. The summed E-state index contributed by atoms with van der Waals surface area (Å²) in [5, 5.41) is 2.90. The van der Waals surface area contributed by atoms with E-state index in [0.29, 0.717) is 18.8 Å². The Labute approximate surface area is 184 Å². The van der Waals surface area contributed by atoms with Crippen LogP contribution in [0.1, 0.15) is 37.0 Å². The first-order valence-electron chi connectivity index (χ1n) is 10.3. The fourth-order valence-electron chi connectivity index (χ4n) is 2.93. The van der Waals surface area contributed by atoms with Crippen LogP contribution in [0.5, 0.6) is 5.75 Å². The van der Waals surface area contributed by atoms with Crippen molar-refractivity contribution < 1.29 is 14.3 Å². The number of methoxy groups -OCH3 is 1. The average Bonchev–Trinajstić information content (AvgIpc) is 2.76. The molecule has 0 saturated carbocycles. The highest BCUT2D eigenvalue weighted by Gasteiger charge is 2.25. The minimum absolute atomic E-state index is 0.0340. The normalized spacial score (nSPS) is 11.6. The number of hydrogen-bond acceptors (Lipinski definition) is 4. The van der Waals surface area contributed by atoms with Crippen LogP contribution in [0.4, 0.5) is 0 Å². The molecule has 6 heteroatoms. The van der Waals surface area contributed by atoms with E-state index in [2.05, 4.69) is 5.32 Å². The Bertz CT molecular complexity index is 806. The molecule has 0 aliphatic heterocycles. The van der Waals surface area contributed by atoms with Crippen molar-refractivity contribution in [1.29, 1.82) is 0 Å². The lowest BCUT2D eigenvalue weighted by molar-refractivity contribution is -0.138. The summed E-state index contributed by atoms with van der Waals surface area (Å²) in [5.74, 6) is 1.72. The molecule has 162 valence electrons. The van der Waals surface area contributed by atoms with Gasteiger partial charge in [0.25, 0.3) is 0 Å². The molecular weight excluding hydrogens is 396 g/mol. The second-order valence-electron chi connectivity index (χ2n) is 7.32. The predicted octanol–water partition coefficient (Wildman–Crippen LogP) is 4.18. The third-order valence-corrected chi connectivity index (χ3v) is 5.83. The van der Waals surface area contributed by atoms with E-state index in [1.165, 1.54) is 5.56 Å². The summed E-state index contributed by atoms with van der Waals surface area (Å²) in [4.78, 5) is 27.2. The van der Waals surface area contributed by atoms with Crippen molar-refractivity contribution >= 4 is 23.6 Å². The molecule has 0 saturated heterocycles. The van der Waals surface area contributed by atoms with Gasteiger partial charge in [-0.1, -0.05) is 48.9 Å². The zero-order chi connectivity index (χ0) is 21.9. The number of nitrogens with one attached hydrogen (secondary N) is 1. The van der Waals surface area contributed by atoms with Gasteiger partial charge in [-0.25, -0.2) is 0 Å². The van der Waals surface area contributed by atoms with Gasteiger partial charge in [0, 0.05) is 18.8 Å². The van der Waals surface area contributed by atoms with Gasteiger partial charge in [0.2, 0.25) is 11.8 Å². The maximum atomic E-state index is 13.0. The molecule has 0 unspecified atom stereocenters. The molecule has 2 aromatic rings. The van der Waals surface area contributed by atoms with Gasteiger partial charge in [-0.05, 0) is 43.5 Å². The largest absolute Gasteiger partial charge is 0.497 e. The fraction of sp³-hybridized carbons (Fsp3) is 0.417. The summed E-state index contributed by atoms with van der Waals surface area (Å²) in [5.41, 5.74) is 3.32. The SMILES string of the molecule is CCCNC(=O)[C@@H](C)N(Cc1ccc(C)cc1)C(=O)CSCc1ccc(OC)cc1. The van der Waals surface area contributed by atoms with Gasteiger partial charge in [0.1, 0.15) is 11.8 Å². The zero-order valence-electron chi connectivity index (χ0n) is 18.3. The highest BCUT2D eigenvalue weighted by atomic mass is 32.2. The number of hydrogen-bond donors (Lipinski definition) is 1. The van der Waals surface area contributed by atoms with Crippen molar-refractivity contribution in [3.63, 3.8) is 0 Å². The Kier molecular flexibility index (Phi) is 9.74. The van der Waals surface area contributed by atoms with E-state index >= 15 is 0 Å². The van der Waals surface area contributed by atoms with Crippen LogP contribution in [0.15, 0.2) is 48.5 Å². The zero-order valence-corrected chi connectivity index (χ0v) is 19.1. The molecule has 0 heterocycles. The number of aryl methyl sites for hydroxylation is 1. The molecule has 2 rings (SSSR count). The summed E-state index contributed by atoms with van der Waals surface area (Å²) in [6.07, 6.45) is 0.863. The Hall–Kier alpha value is -2.47. The third kappa shape index (κ3) is 7.41. The van der Waals surface area contributed by atoms with Gasteiger partial charge >= 0.3 is 0 Å². The summed E-state index contributed by atoms with van der Waals surface area (Å²) < 4.78 is 5.18. The molecule has 0 fully saturated rings. The maximum Gasteiger partial charge on any atom is 0.242 e. The minimum atomic E-state index is -0.521. The van der Waals surface area contributed by atoms with Crippen LogP contribution in [0.25, 0.3) is 0 Å². The number of nitrogens with zero attached hydrogens (tertiary/aromatic N) is 1. The first-order valence-corrected chi connectivity index (χ1v) is 11.4. The molecule has 0 aliphatic rings. The van der Waals surface area contributed by atoms with Gasteiger partial charge in [0.15, 0.2) is 0 Å². The lowest BCUT2D eigenvalue weighted by atomic mass is 10.1. The number of rotatable bonds is 11. The van der Waals surface area contributed by atoms with Crippen LogP contribution in [0, 0.1) is 6.92 Å². The number of carbonyl (C=O) groups excluding carboxylic acids is 2. The quantitative estimate of drug-likeness (QED) is 0.583. The van der Waals surface area contributed by atoms with Crippen molar-refractivity contribution in [3.05, 3.63) is 65.2 Å². The fourth-order valence-corrected chi connectivity index (χ4v) is 3.80. The van der Waals surface area contributed by atoms with E-state index in [-0.39, 0.29) is 11.8 Å². The number of carbonyl (C=O) groups is 2. The molecule has 1 atom stereocenters.